The van der Waals surface area contributed by atoms with E-state index in [1.807, 2.05) is 0 Å². The van der Waals surface area contributed by atoms with Crippen LogP contribution in [0.25, 0.3) is 0 Å². The van der Waals surface area contributed by atoms with Crippen LogP contribution in [0, 0.1) is 10.1 Å². The molecule has 0 aliphatic rings. The van der Waals surface area contributed by atoms with Gasteiger partial charge in [0, 0.05) is 25.0 Å². The second kappa shape index (κ2) is 5.76. The van der Waals surface area contributed by atoms with Crippen molar-refractivity contribution >= 4 is 17.6 Å². The maximum atomic E-state index is 10.9. The van der Waals surface area contributed by atoms with Gasteiger partial charge in [-0.2, -0.15) is 0 Å². The minimum atomic E-state index is -1.23. The largest absolute Gasteiger partial charge is 0.480 e. The first-order valence-corrected chi connectivity index (χ1v) is 5.14. The summed E-state index contributed by atoms with van der Waals surface area (Å²) in [6.45, 7) is 1.19. The van der Waals surface area contributed by atoms with Gasteiger partial charge in [-0.05, 0) is 0 Å². The first-order chi connectivity index (χ1) is 8.41. The predicted octanol–water partition coefficient (Wildman–Crippen LogP) is 0.727. The fraction of sp³-hybridized carbons (Fsp3) is 0.273. The van der Waals surface area contributed by atoms with Crippen molar-refractivity contribution in [1.29, 1.82) is 0 Å². The first kappa shape index (κ1) is 13.6. The lowest BCUT2D eigenvalue weighted by molar-refractivity contribution is -0.385. The van der Waals surface area contributed by atoms with Crippen molar-refractivity contribution < 1.29 is 19.6 Å². The maximum absolute atomic E-state index is 10.9. The summed E-state index contributed by atoms with van der Waals surface area (Å²) in [5, 5.41) is 21.9. The SMILES string of the molecule is CC(=O)NC(Cc1ccccc1[N+](=O)[O-])C(=O)O. The highest BCUT2D eigenvalue weighted by Gasteiger charge is 2.23. The Hall–Kier alpha value is -2.44. The lowest BCUT2D eigenvalue weighted by Crippen LogP contribution is -2.41. The van der Waals surface area contributed by atoms with E-state index in [0.717, 1.165) is 0 Å². The quantitative estimate of drug-likeness (QED) is 0.592. The standard InChI is InChI=1S/C11H12N2O5/c1-7(14)12-9(11(15)16)6-8-4-2-3-5-10(8)13(17)18/h2-5,9H,6H2,1H3,(H,12,14)(H,15,16). The number of aliphatic carboxylic acids is 1. The highest BCUT2D eigenvalue weighted by atomic mass is 16.6. The van der Waals surface area contributed by atoms with E-state index >= 15 is 0 Å². The topological polar surface area (TPSA) is 110 Å². The van der Waals surface area contributed by atoms with Crippen LogP contribution in [0.5, 0.6) is 0 Å². The van der Waals surface area contributed by atoms with Crippen LogP contribution in [0.15, 0.2) is 24.3 Å². The Kier molecular flexibility index (Phi) is 4.36. The second-order valence-corrected chi connectivity index (χ2v) is 3.68. The molecule has 0 aliphatic heterocycles. The third kappa shape index (κ3) is 3.55. The number of nitrogens with zero attached hydrogens (tertiary/aromatic N) is 1. The van der Waals surface area contributed by atoms with Gasteiger partial charge in [-0.25, -0.2) is 4.79 Å². The number of nitro groups is 1. The van der Waals surface area contributed by atoms with E-state index in [4.69, 9.17) is 5.11 Å². The number of carboxylic acids is 1. The van der Waals surface area contributed by atoms with Gasteiger partial charge in [0.1, 0.15) is 6.04 Å². The number of benzene rings is 1. The van der Waals surface area contributed by atoms with E-state index in [1.54, 1.807) is 6.07 Å². The third-order valence-electron chi connectivity index (χ3n) is 2.29. The highest BCUT2D eigenvalue weighted by Crippen LogP contribution is 2.19. The van der Waals surface area contributed by atoms with Gasteiger partial charge < -0.3 is 10.4 Å². The van der Waals surface area contributed by atoms with Crippen LogP contribution in [0.2, 0.25) is 0 Å². The van der Waals surface area contributed by atoms with Crippen molar-refractivity contribution in [3.63, 3.8) is 0 Å². The minimum Gasteiger partial charge on any atom is -0.480 e. The van der Waals surface area contributed by atoms with Gasteiger partial charge in [0.05, 0.1) is 4.92 Å². The number of nitrogens with one attached hydrogen (secondary N) is 1. The lowest BCUT2D eigenvalue weighted by Gasteiger charge is -2.13. The monoisotopic (exact) mass is 252 g/mol. The summed E-state index contributed by atoms with van der Waals surface area (Å²) >= 11 is 0. The van der Waals surface area contributed by atoms with Gasteiger partial charge in [-0.15, -0.1) is 0 Å². The van der Waals surface area contributed by atoms with E-state index < -0.39 is 22.8 Å². The van der Waals surface area contributed by atoms with Crippen LogP contribution in [0.4, 0.5) is 5.69 Å². The number of carbonyl (C=O) groups is 2. The molecule has 1 aromatic rings. The molecule has 0 saturated heterocycles. The predicted molar refractivity (Wildman–Crippen MR) is 62.0 cm³/mol. The molecule has 0 aliphatic carbocycles. The molecule has 1 amide bonds. The summed E-state index contributed by atoms with van der Waals surface area (Å²) in [6.07, 6.45) is -0.133. The Bertz CT molecular complexity index is 486. The number of rotatable bonds is 5. The van der Waals surface area contributed by atoms with E-state index in [1.165, 1.54) is 25.1 Å². The van der Waals surface area contributed by atoms with Crippen molar-refractivity contribution in [1.82, 2.24) is 5.32 Å². The van der Waals surface area contributed by atoms with Crippen molar-refractivity contribution in [3.05, 3.63) is 39.9 Å². The Morgan fingerprint density at radius 3 is 2.56 bits per heavy atom. The molecule has 7 heteroatoms. The molecule has 0 bridgehead atoms. The number of hydrogen-bond acceptors (Lipinski definition) is 4. The molecular formula is C11H12N2O5. The van der Waals surface area contributed by atoms with Gasteiger partial charge in [-0.1, -0.05) is 18.2 Å². The number of carboxylic acid groups (broad SMARTS) is 1. The van der Waals surface area contributed by atoms with E-state index in [9.17, 15) is 19.7 Å². The van der Waals surface area contributed by atoms with Gasteiger partial charge in [0.15, 0.2) is 0 Å². The lowest BCUT2D eigenvalue weighted by atomic mass is 10.0. The van der Waals surface area contributed by atoms with Crippen molar-refractivity contribution in [3.8, 4) is 0 Å². The minimum absolute atomic E-state index is 0.133. The van der Waals surface area contributed by atoms with Crippen LogP contribution in [-0.2, 0) is 16.0 Å². The molecule has 2 N–H and O–H groups in total. The molecule has 0 radical (unpaired) electrons. The Morgan fingerprint density at radius 2 is 2.06 bits per heavy atom. The zero-order valence-corrected chi connectivity index (χ0v) is 9.62. The smallest absolute Gasteiger partial charge is 0.326 e. The average Bonchev–Trinajstić information content (AvgIpc) is 2.27. The van der Waals surface area contributed by atoms with Gasteiger partial charge in [0.2, 0.25) is 5.91 Å². The van der Waals surface area contributed by atoms with E-state index in [0.29, 0.717) is 0 Å². The Labute approximate surface area is 103 Å². The van der Waals surface area contributed by atoms with Gasteiger partial charge in [-0.3, -0.25) is 14.9 Å². The van der Waals surface area contributed by atoms with Crippen molar-refractivity contribution in [2.45, 2.75) is 19.4 Å². The summed E-state index contributed by atoms with van der Waals surface area (Å²) in [6, 6.07) is 4.66. The number of hydrogen-bond donors (Lipinski definition) is 2. The van der Waals surface area contributed by atoms with Crippen LogP contribution < -0.4 is 5.32 Å². The zero-order chi connectivity index (χ0) is 13.7. The molecular weight excluding hydrogens is 240 g/mol. The molecule has 0 saturated carbocycles. The molecule has 0 fully saturated rings. The van der Waals surface area contributed by atoms with Crippen LogP contribution in [0.3, 0.4) is 0 Å². The molecule has 1 unspecified atom stereocenters. The molecule has 1 atom stereocenters. The number of para-hydroxylation sites is 1. The summed E-state index contributed by atoms with van der Waals surface area (Å²) in [7, 11) is 0. The van der Waals surface area contributed by atoms with Crippen molar-refractivity contribution in [2.24, 2.45) is 0 Å². The normalized spacial score (nSPS) is 11.6. The van der Waals surface area contributed by atoms with Gasteiger partial charge >= 0.3 is 5.97 Å². The van der Waals surface area contributed by atoms with Crippen LogP contribution in [-0.4, -0.2) is 27.9 Å². The van der Waals surface area contributed by atoms with Gasteiger partial charge in [0.25, 0.3) is 5.69 Å². The molecule has 18 heavy (non-hydrogen) atoms. The Morgan fingerprint density at radius 1 is 1.44 bits per heavy atom. The van der Waals surface area contributed by atoms with Crippen molar-refractivity contribution in [2.75, 3.05) is 0 Å². The average molecular weight is 252 g/mol. The number of carbonyl (C=O) groups excluding carboxylic acids is 1. The summed E-state index contributed by atoms with van der Waals surface area (Å²) in [5.74, 6) is -1.73. The summed E-state index contributed by atoms with van der Waals surface area (Å²) < 4.78 is 0. The molecule has 1 rings (SSSR count). The third-order valence-corrected chi connectivity index (χ3v) is 2.29. The fourth-order valence-corrected chi connectivity index (χ4v) is 1.53. The molecule has 0 spiro atoms. The maximum Gasteiger partial charge on any atom is 0.326 e. The summed E-state index contributed by atoms with van der Waals surface area (Å²) in [5.41, 5.74) is 0.109. The zero-order valence-electron chi connectivity index (χ0n) is 9.62. The van der Waals surface area contributed by atoms with Crippen LogP contribution >= 0.6 is 0 Å². The number of nitro benzene ring substituents is 1. The molecule has 96 valence electrons. The van der Waals surface area contributed by atoms with Crippen LogP contribution in [0.1, 0.15) is 12.5 Å². The molecule has 0 aromatic heterocycles. The fourth-order valence-electron chi connectivity index (χ4n) is 1.53. The summed E-state index contributed by atoms with van der Waals surface area (Å²) in [4.78, 5) is 32.0. The number of amides is 1. The molecule has 0 heterocycles. The van der Waals surface area contributed by atoms with E-state index in [2.05, 4.69) is 5.32 Å². The first-order valence-electron chi connectivity index (χ1n) is 5.14. The molecule has 7 nitrogen and oxygen atoms in total. The highest BCUT2D eigenvalue weighted by molar-refractivity contribution is 5.82. The van der Waals surface area contributed by atoms with E-state index in [-0.39, 0.29) is 17.7 Å². The molecule has 1 aromatic carbocycles. The second-order valence-electron chi connectivity index (χ2n) is 3.68. The Balaban J connectivity index is 2.97.